The summed E-state index contributed by atoms with van der Waals surface area (Å²) in [7, 11) is 0. The molecule has 0 radical (unpaired) electrons. The minimum atomic E-state index is -0.464. The molecule has 4 nitrogen and oxygen atoms in total. The first-order chi connectivity index (χ1) is 11.2. The van der Waals surface area contributed by atoms with E-state index in [4.69, 9.17) is 4.74 Å². The molecule has 1 heterocycles. The largest absolute Gasteiger partial charge is 0.379 e. The topological polar surface area (TPSA) is 41.6 Å². The van der Waals surface area contributed by atoms with E-state index in [0.717, 1.165) is 39.1 Å². The van der Waals surface area contributed by atoms with E-state index in [1.54, 1.807) is 12.1 Å². The molecule has 24 heavy (non-hydrogen) atoms. The smallest absolute Gasteiger partial charge is 0.254 e. The highest BCUT2D eigenvalue weighted by molar-refractivity contribution is 5.94. The van der Waals surface area contributed by atoms with Crippen LogP contribution in [-0.2, 0) is 4.74 Å². The van der Waals surface area contributed by atoms with Gasteiger partial charge >= 0.3 is 0 Å². The third kappa shape index (κ3) is 4.26. The van der Waals surface area contributed by atoms with Gasteiger partial charge in [-0.25, -0.2) is 4.39 Å². The van der Waals surface area contributed by atoms with Crippen LogP contribution in [0.15, 0.2) is 24.3 Å². The van der Waals surface area contributed by atoms with Crippen LogP contribution in [0.3, 0.4) is 0 Å². The van der Waals surface area contributed by atoms with Crippen LogP contribution in [-0.4, -0.2) is 49.2 Å². The van der Waals surface area contributed by atoms with Crippen molar-refractivity contribution in [1.29, 1.82) is 0 Å². The lowest BCUT2D eigenvalue weighted by atomic mass is 9.79. The Hall–Kier alpha value is -1.17. The highest BCUT2D eigenvalue weighted by Crippen LogP contribution is 2.34. The van der Waals surface area contributed by atoms with E-state index >= 15 is 0 Å². The Labute approximate surface area is 149 Å². The lowest BCUT2D eigenvalue weighted by Crippen LogP contribution is -2.59. The van der Waals surface area contributed by atoms with Gasteiger partial charge in [0.05, 0.1) is 18.8 Å². The molecular formula is C18H26ClFN2O2. The predicted octanol–water partition coefficient (Wildman–Crippen LogP) is 3.01. The Kier molecular flexibility index (Phi) is 7.02. The second-order valence-corrected chi connectivity index (χ2v) is 6.55. The van der Waals surface area contributed by atoms with E-state index in [2.05, 4.69) is 10.2 Å². The van der Waals surface area contributed by atoms with Gasteiger partial charge in [-0.3, -0.25) is 9.69 Å². The van der Waals surface area contributed by atoms with Gasteiger partial charge in [-0.2, -0.15) is 0 Å². The summed E-state index contributed by atoms with van der Waals surface area (Å²) in [6.07, 6.45) is 5.81. The van der Waals surface area contributed by atoms with Crippen LogP contribution >= 0.6 is 12.4 Å². The van der Waals surface area contributed by atoms with E-state index < -0.39 is 5.82 Å². The third-order valence-electron chi connectivity index (χ3n) is 5.16. The average Bonchev–Trinajstić information content (AvgIpc) is 2.62. The van der Waals surface area contributed by atoms with Gasteiger partial charge in [0.15, 0.2) is 0 Å². The summed E-state index contributed by atoms with van der Waals surface area (Å²) in [5, 5.41) is 2.99. The first-order valence-electron chi connectivity index (χ1n) is 8.57. The van der Waals surface area contributed by atoms with E-state index in [-0.39, 0.29) is 29.4 Å². The predicted molar refractivity (Wildman–Crippen MR) is 94.2 cm³/mol. The third-order valence-corrected chi connectivity index (χ3v) is 5.16. The molecule has 1 amide bonds. The van der Waals surface area contributed by atoms with Crippen LogP contribution in [0.25, 0.3) is 0 Å². The minimum Gasteiger partial charge on any atom is -0.379 e. The molecule has 0 atom stereocenters. The summed E-state index contributed by atoms with van der Waals surface area (Å²) in [4.78, 5) is 14.8. The van der Waals surface area contributed by atoms with Gasteiger partial charge in [0.25, 0.3) is 5.91 Å². The van der Waals surface area contributed by atoms with Gasteiger partial charge in [-0.1, -0.05) is 31.4 Å². The zero-order chi connectivity index (χ0) is 16.1. The summed E-state index contributed by atoms with van der Waals surface area (Å²) < 4.78 is 19.2. The van der Waals surface area contributed by atoms with Gasteiger partial charge in [-0.15, -0.1) is 12.4 Å². The molecule has 1 aliphatic carbocycles. The Morgan fingerprint density at radius 1 is 1.17 bits per heavy atom. The average molecular weight is 357 g/mol. The molecular weight excluding hydrogens is 331 g/mol. The minimum absolute atomic E-state index is 0. The van der Waals surface area contributed by atoms with E-state index in [1.807, 2.05) is 0 Å². The van der Waals surface area contributed by atoms with E-state index in [0.29, 0.717) is 6.54 Å². The van der Waals surface area contributed by atoms with Crippen molar-refractivity contribution in [2.75, 3.05) is 32.8 Å². The molecule has 1 aromatic rings. The van der Waals surface area contributed by atoms with Gasteiger partial charge in [-0.05, 0) is 25.0 Å². The van der Waals surface area contributed by atoms with Crippen molar-refractivity contribution in [1.82, 2.24) is 10.2 Å². The summed E-state index contributed by atoms with van der Waals surface area (Å²) in [6, 6.07) is 6.15. The van der Waals surface area contributed by atoms with Gasteiger partial charge in [0, 0.05) is 25.2 Å². The molecule has 3 rings (SSSR count). The summed E-state index contributed by atoms with van der Waals surface area (Å²) in [5.74, 6) is -0.782. The number of hydrogen-bond donors (Lipinski definition) is 1. The SMILES string of the molecule is Cl.O=C(NCC1(N2CCOCC2)CCCCC1)c1ccccc1F. The second-order valence-electron chi connectivity index (χ2n) is 6.55. The molecule has 1 aliphatic heterocycles. The van der Waals surface area contributed by atoms with E-state index in [9.17, 15) is 9.18 Å². The zero-order valence-electron chi connectivity index (χ0n) is 13.9. The molecule has 0 bridgehead atoms. The maximum atomic E-state index is 13.8. The normalized spacial score (nSPS) is 20.9. The van der Waals surface area contributed by atoms with Crippen molar-refractivity contribution in [3.8, 4) is 0 Å². The molecule has 1 saturated heterocycles. The number of benzene rings is 1. The van der Waals surface area contributed by atoms with Crippen molar-refractivity contribution in [2.24, 2.45) is 0 Å². The fourth-order valence-electron chi connectivity index (χ4n) is 3.84. The Morgan fingerprint density at radius 3 is 2.50 bits per heavy atom. The monoisotopic (exact) mass is 356 g/mol. The van der Waals surface area contributed by atoms with Crippen molar-refractivity contribution in [3.05, 3.63) is 35.6 Å². The van der Waals surface area contributed by atoms with Gasteiger partial charge in [0.2, 0.25) is 0 Å². The van der Waals surface area contributed by atoms with Crippen LogP contribution in [0.4, 0.5) is 4.39 Å². The Balaban J connectivity index is 0.00000208. The number of nitrogens with zero attached hydrogens (tertiary/aromatic N) is 1. The fraction of sp³-hybridized carbons (Fsp3) is 0.611. The summed E-state index contributed by atoms with van der Waals surface area (Å²) in [5.41, 5.74) is 0.128. The number of amides is 1. The van der Waals surface area contributed by atoms with E-state index in [1.165, 1.54) is 31.4 Å². The number of nitrogens with one attached hydrogen (secondary N) is 1. The lowest BCUT2D eigenvalue weighted by Gasteiger charge is -2.48. The van der Waals surface area contributed by atoms with Crippen molar-refractivity contribution >= 4 is 18.3 Å². The number of halogens is 2. The molecule has 2 aliphatic rings. The standard InChI is InChI=1S/C18H25FN2O2.ClH/c19-16-7-3-2-6-15(16)17(22)20-14-18(8-4-1-5-9-18)21-10-12-23-13-11-21;/h2-3,6-7H,1,4-5,8-14H2,(H,20,22);1H. The number of carbonyl (C=O) groups excluding carboxylic acids is 1. The van der Waals surface area contributed by atoms with Crippen molar-refractivity contribution in [2.45, 2.75) is 37.6 Å². The first-order valence-corrected chi connectivity index (χ1v) is 8.57. The lowest BCUT2D eigenvalue weighted by molar-refractivity contribution is -0.0361. The molecule has 6 heteroatoms. The van der Waals surface area contributed by atoms with Gasteiger partial charge < -0.3 is 10.1 Å². The Bertz CT molecular complexity index is 544. The van der Waals surface area contributed by atoms with Crippen LogP contribution in [0.1, 0.15) is 42.5 Å². The molecule has 0 aromatic heterocycles. The number of morpholine rings is 1. The maximum Gasteiger partial charge on any atom is 0.254 e. The number of carbonyl (C=O) groups is 1. The molecule has 1 aromatic carbocycles. The molecule has 2 fully saturated rings. The molecule has 1 saturated carbocycles. The van der Waals surface area contributed by atoms with Gasteiger partial charge in [0.1, 0.15) is 5.82 Å². The number of ether oxygens (including phenoxy) is 1. The highest BCUT2D eigenvalue weighted by atomic mass is 35.5. The van der Waals surface area contributed by atoms with Crippen molar-refractivity contribution in [3.63, 3.8) is 0 Å². The molecule has 0 unspecified atom stereocenters. The zero-order valence-corrected chi connectivity index (χ0v) is 14.7. The second kappa shape index (κ2) is 8.79. The summed E-state index contributed by atoms with van der Waals surface area (Å²) >= 11 is 0. The first kappa shape index (κ1) is 19.2. The number of rotatable bonds is 4. The summed E-state index contributed by atoms with van der Waals surface area (Å²) in [6.45, 7) is 3.91. The van der Waals surface area contributed by atoms with Crippen LogP contribution in [0.2, 0.25) is 0 Å². The molecule has 0 spiro atoms. The molecule has 1 N–H and O–H groups in total. The van der Waals surface area contributed by atoms with Crippen LogP contribution < -0.4 is 5.32 Å². The van der Waals surface area contributed by atoms with Crippen LogP contribution in [0.5, 0.6) is 0 Å². The quantitative estimate of drug-likeness (QED) is 0.901. The van der Waals surface area contributed by atoms with Crippen LogP contribution in [0, 0.1) is 5.82 Å². The maximum absolute atomic E-state index is 13.8. The Morgan fingerprint density at radius 2 is 1.83 bits per heavy atom. The highest BCUT2D eigenvalue weighted by Gasteiger charge is 2.38. The number of hydrogen-bond acceptors (Lipinski definition) is 3. The molecule has 134 valence electrons. The fourth-order valence-corrected chi connectivity index (χ4v) is 3.84. The van der Waals surface area contributed by atoms with Crippen molar-refractivity contribution < 1.29 is 13.9 Å².